The lowest BCUT2D eigenvalue weighted by atomic mass is 9.85. The monoisotopic (exact) mass is 394 g/mol. The Bertz CT molecular complexity index is 868. The summed E-state index contributed by atoms with van der Waals surface area (Å²) < 4.78 is 37.4. The van der Waals surface area contributed by atoms with Crippen LogP contribution in [0, 0.1) is 0 Å². The largest absolute Gasteiger partial charge is 0.446 e. The number of rotatable bonds is 3. The van der Waals surface area contributed by atoms with E-state index < -0.39 is 17.3 Å². The summed E-state index contributed by atoms with van der Waals surface area (Å²) in [6.07, 6.45) is 0.389. The molecule has 0 radical (unpaired) electrons. The average molecular weight is 394 g/mol. The van der Waals surface area contributed by atoms with Crippen LogP contribution in [0.3, 0.4) is 0 Å². The van der Waals surface area contributed by atoms with Crippen LogP contribution in [0.25, 0.3) is 0 Å². The number of halogens is 3. The van der Waals surface area contributed by atoms with E-state index in [9.17, 15) is 22.8 Å². The SMILES string of the molecule is C[C@H]1C[C@@H](C(N)=O)c2ccccc2N1C(=O)c1ccc(SC(F)(F)F)cc1. The van der Waals surface area contributed by atoms with Crippen molar-refractivity contribution in [2.75, 3.05) is 4.90 Å². The molecule has 0 saturated carbocycles. The first kappa shape index (κ1) is 19.3. The van der Waals surface area contributed by atoms with Gasteiger partial charge in [-0.3, -0.25) is 9.59 Å². The second-order valence-electron chi connectivity index (χ2n) is 6.35. The van der Waals surface area contributed by atoms with Crippen molar-refractivity contribution in [3.63, 3.8) is 0 Å². The van der Waals surface area contributed by atoms with Crippen molar-refractivity contribution in [3.8, 4) is 0 Å². The molecular weight excluding hydrogens is 377 g/mol. The molecule has 1 aliphatic rings. The van der Waals surface area contributed by atoms with E-state index in [1.165, 1.54) is 24.3 Å². The first-order valence-electron chi connectivity index (χ1n) is 8.25. The number of anilines is 1. The van der Waals surface area contributed by atoms with E-state index >= 15 is 0 Å². The molecular formula is C19H17F3N2O2S. The predicted molar refractivity (Wildman–Crippen MR) is 97.6 cm³/mol. The fraction of sp³-hybridized carbons (Fsp3) is 0.263. The maximum absolute atomic E-state index is 13.0. The van der Waals surface area contributed by atoms with Crippen LogP contribution in [0.2, 0.25) is 0 Å². The number of nitrogens with zero attached hydrogens (tertiary/aromatic N) is 1. The zero-order chi connectivity index (χ0) is 19.8. The minimum absolute atomic E-state index is 0.0138. The summed E-state index contributed by atoms with van der Waals surface area (Å²) >= 11 is -0.227. The van der Waals surface area contributed by atoms with Gasteiger partial charge in [0.2, 0.25) is 5.91 Å². The van der Waals surface area contributed by atoms with Crippen LogP contribution in [-0.4, -0.2) is 23.4 Å². The third-order valence-corrected chi connectivity index (χ3v) is 5.23. The highest BCUT2D eigenvalue weighted by Crippen LogP contribution is 2.40. The number of alkyl halides is 3. The zero-order valence-corrected chi connectivity index (χ0v) is 15.2. The third kappa shape index (κ3) is 4.10. The number of hydrogen-bond donors (Lipinski definition) is 1. The quantitative estimate of drug-likeness (QED) is 0.790. The Hall–Kier alpha value is -2.48. The van der Waals surface area contributed by atoms with Crippen molar-refractivity contribution >= 4 is 29.3 Å². The normalized spacial score (nSPS) is 19.5. The van der Waals surface area contributed by atoms with Crippen molar-refractivity contribution in [3.05, 3.63) is 59.7 Å². The number of carbonyl (C=O) groups excluding carboxylic acids is 2. The van der Waals surface area contributed by atoms with Gasteiger partial charge in [-0.05, 0) is 61.0 Å². The van der Waals surface area contributed by atoms with Gasteiger partial charge in [-0.1, -0.05) is 18.2 Å². The van der Waals surface area contributed by atoms with Gasteiger partial charge in [0.25, 0.3) is 5.91 Å². The highest BCUT2D eigenvalue weighted by atomic mass is 32.2. The molecule has 0 aliphatic carbocycles. The molecule has 27 heavy (non-hydrogen) atoms. The summed E-state index contributed by atoms with van der Waals surface area (Å²) in [5.41, 5.74) is 2.68. The molecule has 0 unspecified atom stereocenters. The van der Waals surface area contributed by atoms with Gasteiger partial charge < -0.3 is 10.6 Å². The van der Waals surface area contributed by atoms with Gasteiger partial charge in [0.05, 0.1) is 5.92 Å². The highest BCUT2D eigenvalue weighted by molar-refractivity contribution is 8.00. The molecule has 2 aromatic carbocycles. The second kappa shape index (κ2) is 7.26. The Labute approximate surface area is 158 Å². The molecule has 142 valence electrons. The summed E-state index contributed by atoms with van der Waals surface area (Å²) in [7, 11) is 0. The molecule has 2 aromatic rings. The Balaban J connectivity index is 1.92. The fourth-order valence-corrected chi connectivity index (χ4v) is 3.87. The third-order valence-electron chi connectivity index (χ3n) is 4.49. The number of thioether (sulfide) groups is 1. The van der Waals surface area contributed by atoms with E-state index in [0.29, 0.717) is 17.7 Å². The fourth-order valence-electron chi connectivity index (χ4n) is 3.33. The van der Waals surface area contributed by atoms with Gasteiger partial charge >= 0.3 is 5.51 Å². The topological polar surface area (TPSA) is 63.4 Å². The van der Waals surface area contributed by atoms with Gasteiger partial charge in [-0.2, -0.15) is 13.2 Å². The van der Waals surface area contributed by atoms with Gasteiger partial charge in [0.15, 0.2) is 0 Å². The Morgan fingerprint density at radius 3 is 2.33 bits per heavy atom. The number of fused-ring (bicyclic) bond motifs is 1. The lowest BCUT2D eigenvalue weighted by Gasteiger charge is -2.38. The number of carbonyl (C=O) groups is 2. The van der Waals surface area contributed by atoms with E-state index in [1.54, 1.807) is 29.2 Å². The lowest BCUT2D eigenvalue weighted by molar-refractivity contribution is -0.119. The van der Waals surface area contributed by atoms with E-state index in [2.05, 4.69) is 0 Å². The summed E-state index contributed by atoms with van der Waals surface area (Å²) in [5.74, 6) is -1.26. The summed E-state index contributed by atoms with van der Waals surface area (Å²) in [6.45, 7) is 1.82. The smallest absolute Gasteiger partial charge is 0.369 e. The molecule has 8 heteroatoms. The summed E-state index contributed by atoms with van der Waals surface area (Å²) in [4.78, 5) is 26.4. The van der Waals surface area contributed by atoms with E-state index in [1.807, 2.05) is 6.92 Å². The first-order valence-corrected chi connectivity index (χ1v) is 9.06. The lowest BCUT2D eigenvalue weighted by Crippen LogP contribution is -2.45. The molecule has 1 heterocycles. The van der Waals surface area contributed by atoms with E-state index in [4.69, 9.17) is 5.73 Å². The molecule has 2 amide bonds. The van der Waals surface area contributed by atoms with E-state index in [0.717, 1.165) is 0 Å². The van der Waals surface area contributed by atoms with Crippen LogP contribution in [0.1, 0.15) is 35.2 Å². The van der Waals surface area contributed by atoms with Crippen molar-refractivity contribution in [2.24, 2.45) is 5.73 Å². The number of amides is 2. The minimum atomic E-state index is -4.38. The molecule has 1 aliphatic heterocycles. The van der Waals surface area contributed by atoms with Gasteiger partial charge in [0, 0.05) is 22.2 Å². The Morgan fingerprint density at radius 2 is 1.74 bits per heavy atom. The van der Waals surface area contributed by atoms with Gasteiger partial charge in [-0.25, -0.2) is 0 Å². The zero-order valence-electron chi connectivity index (χ0n) is 14.4. The number of para-hydroxylation sites is 1. The average Bonchev–Trinajstić information content (AvgIpc) is 2.59. The Morgan fingerprint density at radius 1 is 1.11 bits per heavy atom. The molecule has 0 spiro atoms. The molecule has 3 rings (SSSR count). The van der Waals surface area contributed by atoms with Crippen LogP contribution in [-0.2, 0) is 4.79 Å². The minimum Gasteiger partial charge on any atom is -0.369 e. The number of hydrogen-bond acceptors (Lipinski definition) is 3. The Kier molecular flexibility index (Phi) is 5.19. The number of benzene rings is 2. The van der Waals surface area contributed by atoms with Crippen LogP contribution in [0.5, 0.6) is 0 Å². The van der Waals surface area contributed by atoms with Gasteiger partial charge in [0.1, 0.15) is 0 Å². The predicted octanol–water partition coefficient (Wildman–Crippen LogP) is 4.31. The van der Waals surface area contributed by atoms with Crippen LogP contribution in [0.4, 0.5) is 18.9 Å². The summed E-state index contributed by atoms with van der Waals surface area (Å²) in [6, 6.07) is 12.1. The van der Waals surface area contributed by atoms with Gasteiger partial charge in [-0.15, -0.1) is 0 Å². The molecule has 0 aromatic heterocycles. The standard InChI is InChI=1S/C19H17F3N2O2S/c1-11-10-15(17(23)25)14-4-2-3-5-16(14)24(11)18(26)12-6-8-13(9-7-12)27-19(20,21)22/h2-9,11,15H,10H2,1H3,(H2,23,25)/t11-,15+/m0/s1. The van der Waals surface area contributed by atoms with Crippen molar-refractivity contribution in [1.82, 2.24) is 0 Å². The van der Waals surface area contributed by atoms with Crippen LogP contribution >= 0.6 is 11.8 Å². The van der Waals surface area contributed by atoms with Crippen molar-refractivity contribution in [1.29, 1.82) is 0 Å². The number of nitrogens with two attached hydrogens (primary N) is 1. The summed E-state index contributed by atoms with van der Waals surface area (Å²) in [5, 5.41) is 0. The molecule has 0 fully saturated rings. The van der Waals surface area contributed by atoms with Crippen molar-refractivity contribution in [2.45, 2.75) is 35.7 Å². The highest BCUT2D eigenvalue weighted by Gasteiger charge is 2.36. The molecule has 2 atom stereocenters. The molecule has 2 N–H and O–H groups in total. The van der Waals surface area contributed by atoms with Crippen LogP contribution in [0.15, 0.2) is 53.4 Å². The van der Waals surface area contributed by atoms with Crippen LogP contribution < -0.4 is 10.6 Å². The second-order valence-corrected chi connectivity index (χ2v) is 7.48. The number of primary amides is 1. The molecule has 0 saturated heterocycles. The van der Waals surface area contributed by atoms with E-state index in [-0.39, 0.29) is 34.2 Å². The maximum atomic E-state index is 13.0. The molecule has 0 bridgehead atoms. The maximum Gasteiger partial charge on any atom is 0.446 e. The molecule has 4 nitrogen and oxygen atoms in total. The first-order chi connectivity index (χ1) is 12.7. The van der Waals surface area contributed by atoms with Crippen molar-refractivity contribution < 1.29 is 22.8 Å².